The Labute approximate surface area is 159 Å². The number of benzene rings is 1. The van der Waals surface area contributed by atoms with Gasteiger partial charge >= 0.3 is 5.97 Å². The zero-order valence-electron chi connectivity index (χ0n) is 14.5. The Hall–Kier alpha value is -1.37. The summed E-state index contributed by atoms with van der Waals surface area (Å²) in [5.41, 5.74) is 1.06. The van der Waals surface area contributed by atoms with Crippen LogP contribution in [0.5, 0.6) is 0 Å². The molecule has 2 N–H and O–H groups in total. The first-order valence-corrected chi connectivity index (χ1v) is 9.52. The van der Waals surface area contributed by atoms with Crippen LogP contribution in [0.1, 0.15) is 49.4 Å². The number of hydrogen-bond donors (Lipinski definition) is 2. The summed E-state index contributed by atoms with van der Waals surface area (Å²) in [4.78, 5) is 11.7. The summed E-state index contributed by atoms with van der Waals surface area (Å²) in [5, 5.41) is 7.04. The highest BCUT2D eigenvalue weighted by molar-refractivity contribution is 7.80. The van der Waals surface area contributed by atoms with Crippen molar-refractivity contribution in [1.29, 1.82) is 0 Å². The number of ether oxygens (including phenoxy) is 2. The van der Waals surface area contributed by atoms with Crippen LogP contribution in [0.25, 0.3) is 0 Å². The summed E-state index contributed by atoms with van der Waals surface area (Å²) in [7, 11) is 0. The first-order chi connectivity index (χ1) is 12.1. The van der Waals surface area contributed by atoms with E-state index in [1.807, 2.05) is 0 Å². The molecule has 0 heterocycles. The van der Waals surface area contributed by atoms with Crippen molar-refractivity contribution in [3.8, 4) is 0 Å². The number of hydrogen-bond acceptors (Lipinski definition) is 4. The fraction of sp³-hybridized carbons (Fsp3) is 0.556. The van der Waals surface area contributed by atoms with E-state index < -0.39 is 5.97 Å². The standard InChI is InChI=1S/C18H25ClN2O3S/c1-2-23-17(22)15-9-8-13(12-16(15)19)21-18(25)20-10-5-11-24-14-6-3-4-7-14/h8-9,12,14H,2-7,10-11H2,1H3,(H2,20,21,25). The zero-order chi connectivity index (χ0) is 18.1. The molecule has 1 aliphatic rings. The minimum Gasteiger partial charge on any atom is -0.462 e. The Morgan fingerprint density at radius 2 is 2.12 bits per heavy atom. The number of rotatable bonds is 8. The molecule has 1 aromatic carbocycles. The summed E-state index contributed by atoms with van der Waals surface area (Å²) >= 11 is 11.4. The van der Waals surface area contributed by atoms with Crippen molar-refractivity contribution in [3.63, 3.8) is 0 Å². The highest BCUT2D eigenvalue weighted by atomic mass is 35.5. The number of esters is 1. The normalized spacial score (nSPS) is 14.3. The topological polar surface area (TPSA) is 59.6 Å². The lowest BCUT2D eigenvalue weighted by molar-refractivity contribution is 0.0526. The van der Waals surface area contributed by atoms with Gasteiger partial charge in [-0.05, 0) is 56.6 Å². The Bertz CT molecular complexity index is 592. The molecule has 0 spiro atoms. The van der Waals surface area contributed by atoms with Crippen LogP contribution in [-0.4, -0.2) is 36.9 Å². The summed E-state index contributed by atoms with van der Waals surface area (Å²) in [6.07, 6.45) is 6.31. The molecule has 0 aromatic heterocycles. The summed E-state index contributed by atoms with van der Waals surface area (Å²) in [6, 6.07) is 5.03. The van der Waals surface area contributed by atoms with Gasteiger partial charge in [-0.3, -0.25) is 0 Å². The molecule has 2 rings (SSSR count). The molecule has 1 aliphatic carbocycles. The molecule has 1 saturated carbocycles. The van der Waals surface area contributed by atoms with Crippen molar-refractivity contribution in [2.24, 2.45) is 0 Å². The molecule has 0 radical (unpaired) electrons. The Balaban J connectivity index is 1.69. The largest absolute Gasteiger partial charge is 0.462 e. The number of nitrogens with one attached hydrogen (secondary N) is 2. The molecule has 1 fully saturated rings. The summed E-state index contributed by atoms with van der Waals surface area (Å²) in [6.45, 7) is 3.56. The zero-order valence-corrected chi connectivity index (χ0v) is 16.0. The van der Waals surface area contributed by atoms with E-state index in [0.29, 0.717) is 28.4 Å². The van der Waals surface area contributed by atoms with Crippen molar-refractivity contribution in [2.45, 2.75) is 45.1 Å². The van der Waals surface area contributed by atoms with E-state index in [1.165, 1.54) is 25.7 Å². The van der Waals surface area contributed by atoms with Gasteiger partial charge in [0, 0.05) is 18.8 Å². The van der Waals surface area contributed by atoms with E-state index in [2.05, 4.69) is 10.6 Å². The molecule has 25 heavy (non-hydrogen) atoms. The van der Waals surface area contributed by atoms with E-state index >= 15 is 0 Å². The molecule has 0 bridgehead atoms. The quantitative estimate of drug-likeness (QED) is 0.399. The molecule has 5 nitrogen and oxygen atoms in total. The molecule has 0 amide bonds. The second kappa shape index (κ2) is 10.6. The second-order valence-electron chi connectivity index (χ2n) is 5.93. The van der Waals surface area contributed by atoms with Crippen molar-refractivity contribution < 1.29 is 14.3 Å². The predicted molar refractivity (Wildman–Crippen MR) is 104 cm³/mol. The van der Waals surface area contributed by atoms with E-state index in [1.54, 1.807) is 25.1 Å². The van der Waals surface area contributed by atoms with Gasteiger partial charge < -0.3 is 20.1 Å². The Kier molecular flexibility index (Phi) is 8.44. The van der Waals surface area contributed by atoms with Crippen molar-refractivity contribution in [1.82, 2.24) is 5.32 Å². The maximum Gasteiger partial charge on any atom is 0.339 e. The molecule has 0 saturated heterocycles. The lowest BCUT2D eigenvalue weighted by Crippen LogP contribution is -2.30. The van der Waals surface area contributed by atoms with Crippen molar-refractivity contribution >= 4 is 40.6 Å². The van der Waals surface area contributed by atoms with Gasteiger partial charge in [-0.2, -0.15) is 0 Å². The number of halogens is 1. The lowest BCUT2D eigenvalue weighted by atomic mass is 10.2. The van der Waals surface area contributed by atoms with Crippen LogP contribution in [0.4, 0.5) is 5.69 Å². The number of carbonyl (C=O) groups is 1. The molecule has 138 valence electrons. The lowest BCUT2D eigenvalue weighted by Gasteiger charge is -2.13. The molecule has 0 unspecified atom stereocenters. The molecular weight excluding hydrogens is 360 g/mol. The third-order valence-corrected chi connectivity index (χ3v) is 4.54. The van der Waals surface area contributed by atoms with E-state index in [9.17, 15) is 4.79 Å². The summed E-state index contributed by atoms with van der Waals surface area (Å²) < 4.78 is 10.8. The second-order valence-corrected chi connectivity index (χ2v) is 6.74. The van der Waals surface area contributed by atoms with Crippen molar-refractivity contribution in [2.75, 3.05) is 25.1 Å². The SMILES string of the molecule is CCOC(=O)c1ccc(NC(=S)NCCCOC2CCCC2)cc1Cl. The fourth-order valence-corrected chi connectivity index (χ4v) is 3.20. The Morgan fingerprint density at radius 3 is 2.80 bits per heavy atom. The third kappa shape index (κ3) is 6.80. The van der Waals surface area contributed by atoms with Gasteiger partial charge in [0.05, 0.1) is 23.3 Å². The van der Waals surface area contributed by atoms with Gasteiger partial charge in [-0.25, -0.2) is 4.79 Å². The average molecular weight is 385 g/mol. The van der Waals surface area contributed by atoms with Crippen LogP contribution in [-0.2, 0) is 9.47 Å². The number of carbonyl (C=O) groups excluding carboxylic acids is 1. The maximum atomic E-state index is 11.7. The Morgan fingerprint density at radius 1 is 1.36 bits per heavy atom. The van der Waals surface area contributed by atoms with Crippen LogP contribution in [0.2, 0.25) is 5.02 Å². The van der Waals surface area contributed by atoms with Crippen molar-refractivity contribution in [3.05, 3.63) is 28.8 Å². The third-order valence-electron chi connectivity index (χ3n) is 3.98. The summed E-state index contributed by atoms with van der Waals surface area (Å²) in [5.74, 6) is -0.429. The van der Waals surface area contributed by atoms with Gasteiger partial charge in [0.1, 0.15) is 0 Å². The smallest absolute Gasteiger partial charge is 0.339 e. The number of anilines is 1. The van der Waals surface area contributed by atoms with Gasteiger partial charge in [0.15, 0.2) is 5.11 Å². The molecule has 0 atom stereocenters. The van der Waals surface area contributed by atoms with Gasteiger partial charge in [-0.15, -0.1) is 0 Å². The monoisotopic (exact) mass is 384 g/mol. The molecule has 7 heteroatoms. The van der Waals surface area contributed by atoms with Gasteiger partial charge in [0.25, 0.3) is 0 Å². The first kappa shape index (κ1) is 19.9. The van der Waals surface area contributed by atoms with Crippen LogP contribution in [0.15, 0.2) is 18.2 Å². The first-order valence-electron chi connectivity index (χ1n) is 8.73. The van der Waals surface area contributed by atoms with E-state index in [4.69, 9.17) is 33.3 Å². The molecular formula is C18H25ClN2O3S. The highest BCUT2D eigenvalue weighted by Crippen LogP contribution is 2.22. The van der Waals surface area contributed by atoms with Crippen LogP contribution < -0.4 is 10.6 Å². The number of thiocarbonyl (C=S) groups is 1. The van der Waals surface area contributed by atoms with Crippen LogP contribution in [0.3, 0.4) is 0 Å². The van der Waals surface area contributed by atoms with Gasteiger partial charge in [0.2, 0.25) is 0 Å². The van der Waals surface area contributed by atoms with Gasteiger partial charge in [-0.1, -0.05) is 24.4 Å². The average Bonchev–Trinajstić information content (AvgIpc) is 3.08. The van der Waals surface area contributed by atoms with E-state index in [-0.39, 0.29) is 0 Å². The van der Waals surface area contributed by atoms with Crippen LogP contribution in [0, 0.1) is 0 Å². The molecule has 1 aromatic rings. The maximum absolute atomic E-state index is 11.7. The fourth-order valence-electron chi connectivity index (χ4n) is 2.72. The molecule has 0 aliphatic heterocycles. The minimum absolute atomic E-state index is 0.313. The minimum atomic E-state index is -0.429. The predicted octanol–water partition coefficient (Wildman–Crippen LogP) is 4.15. The highest BCUT2D eigenvalue weighted by Gasteiger charge is 2.14. The van der Waals surface area contributed by atoms with E-state index in [0.717, 1.165) is 25.3 Å². The van der Waals surface area contributed by atoms with Crippen LogP contribution >= 0.6 is 23.8 Å².